The van der Waals surface area contributed by atoms with E-state index in [-0.39, 0.29) is 11.8 Å². The zero-order valence-electron chi connectivity index (χ0n) is 7.54. The van der Waals surface area contributed by atoms with E-state index in [2.05, 4.69) is 13.2 Å². The fourth-order valence-electron chi connectivity index (χ4n) is 1.80. The van der Waals surface area contributed by atoms with Gasteiger partial charge in [-0.15, -0.1) is 12.2 Å². The first kappa shape index (κ1) is 9.49. The lowest BCUT2D eigenvalue weighted by Gasteiger charge is -2.62. The van der Waals surface area contributed by atoms with Gasteiger partial charge in [-0.05, 0) is 25.7 Å². The van der Waals surface area contributed by atoms with Crippen molar-refractivity contribution in [3.63, 3.8) is 0 Å². The molecule has 2 nitrogen and oxygen atoms in total. The Kier molecular flexibility index (Phi) is 2.40. The average molecular weight is 166 g/mol. The molecule has 1 saturated carbocycles. The summed E-state index contributed by atoms with van der Waals surface area (Å²) in [5.74, 6) is -0.765. The first-order valence-electron chi connectivity index (χ1n) is 4.09. The van der Waals surface area contributed by atoms with Gasteiger partial charge in [-0.2, -0.15) is 0 Å². The van der Waals surface area contributed by atoms with Gasteiger partial charge in [-0.3, -0.25) is 0 Å². The molecule has 0 unspecified atom stereocenters. The van der Waals surface area contributed by atoms with Crippen LogP contribution in [-0.4, -0.2) is 12.2 Å². The maximum Gasteiger partial charge on any atom is -0.0440 e. The Hall–Kier alpha value is -0.600. The van der Waals surface area contributed by atoms with Gasteiger partial charge < -0.3 is 10.2 Å². The summed E-state index contributed by atoms with van der Waals surface area (Å²) in [5.41, 5.74) is 1.43. The molecule has 1 aliphatic carbocycles. The van der Waals surface area contributed by atoms with E-state index in [0.29, 0.717) is 11.1 Å². The number of hydrogen-bond acceptors (Lipinski definition) is 2. The van der Waals surface area contributed by atoms with Gasteiger partial charge in [-0.25, -0.2) is 0 Å². The van der Waals surface area contributed by atoms with E-state index >= 15 is 0 Å². The van der Waals surface area contributed by atoms with Gasteiger partial charge in [0, 0.05) is 0 Å². The molecule has 0 aromatic carbocycles. The first-order chi connectivity index (χ1) is 5.46. The lowest BCUT2D eigenvalue weighted by atomic mass is 9.64. The largest absolute Gasteiger partial charge is 0.851 e. The highest BCUT2D eigenvalue weighted by molar-refractivity contribution is 5.20. The summed E-state index contributed by atoms with van der Waals surface area (Å²) in [4.78, 5) is 0. The highest BCUT2D eigenvalue weighted by Crippen LogP contribution is 2.39. The van der Waals surface area contributed by atoms with Crippen molar-refractivity contribution in [2.24, 2.45) is 11.8 Å². The fourth-order valence-corrected chi connectivity index (χ4v) is 1.80. The Morgan fingerprint density at radius 2 is 1.17 bits per heavy atom. The second-order valence-electron chi connectivity index (χ2n) is 3.67. The molecule has 0 aliphatic heterocycles. The van der Waals surface area contributed by atoms with E-state index < -0.39 is 12.2 Å². The van der Waals surface area contributed by atoms with Crippen LogP contribution in [0.1, 0.15) is 13.8 Å². The Balaban J connectivity index is 2.68. The van der Waals surface area contributed by atoms with Crippen LogP contribution in [0.5, 0.6) is 0 Å². The molecular weight excluding hydrogens is 152 g/mol. The summed E-state index contributed by atoms with van der Waals surface area (Å²) in [6, 6.07) is 0. The van der Waals surface area contributed by atoms with Gasteiger partial charge in [0.25, 0.3) is 0 Å². The van der Waals surface area contributed by atoms with Gasteiger partial charge >= 0.3 is 0 Å². The van der Waals surface area contributed by atoms with Crippen LogP contribution in [0.3, 0.4) is 0 Å². The maximum atomic E-state index is 11.4. The van der Waals surface area contributed by atoms with Crippen LogP contribution >= 0.6 is 0 Å². The lowest BCUT2D eigenvalue weighted by Crippen LogP contribution is -2.67. The van der Waals surface area contributed by atoms with Gasteiger partial charge in [0.2, 0.25) is 0 Å². The Labute approximate surface area is 73.2 Å². The zero-order valence-corrected chi connectivity index (χ0v) is 7.54. The normalized spacial score (nSPS) is 40.3. The molecular formula is C10H14O2-2. The smallest absolute Gasteiger partial charge is 0.0440 e. The van der Waals surface area contributed by atoms with Crippen molar-refractivity contribution in [1.29, 1.82) is 0 Å². The summed E-state index contributed by atoms with van der Waals surface area (Å²) >= 11 is 0. The summed E-state index contributed by atoms with van der Waals surface area (Å²) in [5, 5.41) is 22.8. The second-order valence-corrected chi connectivity index (χ2v) is 3.67. The predicted octanol–water partition coefficient (Wildman–Crippen LogP) is -0.158. The first-order valence-corrected chi connectivity index (χ1v) is 4.09. The van der Waals surface area contributed by atoms with Gasteiger partial charge in [0.1, 0.15) is 0 Å². The summed E-state index contributed by atoms with van der Waals surface area (Å²) in [6.07, 6.45) is -1.61. The second kappa shape index (κ2) is 3.04. The minimum Gasteiger partial charge on any atom is -0.851 e. The summed E-state index contributed by atoms with van der Waals surface area (Å²) in [6.45, 7) is 10.8. The molecule has 0 amide bonds. The van der Waals surface area contributed by atoms with E-state index in [1.165, 1.54) is 0 Å². The number of rotatable bonds is 2. The molecule has 0 aromatic heterocycles. The van der Waals surface area contributed by atoms with E-state index in [1.807, 2.05) is 0 Å². The van der Waals surface area contributed by atoms with E-state index in [9.17, 15) is 10.2 Å². The van der Waals surface area contributed by atoms with E-state index in [0.717, 1.165) is 0 Å². The van der Waals surface area contributed by atoms with Crippen LogP contribution in [0.4, 0.5) is 0 Å². The standard InChI is InChI=1S/C10H14O2/c1-5(2)7-9(11)8(6(3)4)10(7)12/h7-10H,1,3H2,2,4H3/q-2. The Morgan fingerprint density at radius 1 is 0.917 bits per heavy atom. The van der Waals surface area contributed by atoms with Crippen molar-refractivity contribution in [2.45, 2.75) is 26.1 Å². The van der Waals surface area contributed by atoms with Crippen LogP contribution in [0.2, 0.25) is 0 Å². The molecule has 0 N–H and O–H groups in total. The van der Waals surface area contributed by atoms with Gasteiger partial charge in [-0.1, -0.05) is 24.3 Å². The third kappa shape index (κ3) is 1.21. The van der Waals surface area contributed by atoms with Crippen molar-refractivity contribution in [2.75, 3.05) is 0 Å². The molecule has 68 valence electrons. The van der Waals surface area contributed by atoms with Crippen molar-refractivity contribution in [3.05, 3.63) is 24.3 Å². The summed E-state index contributed by atoms with van der Waals surface area (Å²) < 4.78 is 0. The molecule has 12 heavy (non-hydrogen) atoms. The lowest BCUT2D eigenvalue weighted by molar-refractivity contribution is -0.552. The van der Waals surface area contributed by atoms with Crippen LogP contribution in [-0.2, 0) is 0 Å². The quantitative estimate of drug-likeness (QED) is 0.535. The van der Waals surface area contributed by atoms with Crippen molar-refractivity contribution in [3.8, 4) is 0 Å². The molecule has 0 spiro atoms. The third-order valence-electron chi connectivity index (χ3n) is 2.55. The highest BCUT2D eigenvalue weighted by Gasteiger charge is 2.36. The van der Waals surface area contributed by atoms with Crippen molar-refractivity contribution >= 4 is 0 Å². The monoisotopic (exact) mass is 166 g/mol. The SMILES string of the molecule is C=C(C)C1C([O-])C(C(=C)C)C1[O-]. The zero-order chi connectivity index (χ0) is 9.46. The van der Waals surface area contributed by atoms with E-state index in [4.69, 9.17) is 0 Å². The molecule has 1 fully saturated rings. The molecule has 0 radical (unpaired) electrons. The van der Waals surface area contributed by atoms with Crippen LogP contribution in [0.25, 0.3) is 0 Å². The van der Waals surface area contributed by atoms with Gasteiger partial charge in [0.15, 0.2) is 0 Å². The van der Waals surface area contributed by atoms with Crippen molar-refractivity contribution in [1.82, 2.24) is 0 Å². The van der Waals surface area contributed by atoms with Crippen molar-refractivity contribution < 1.29 is 10.2 Å². The van der Waals surface area contributed by atoms with Gasteiger partial charge in [0.05, 0.1) is 0 Å². The molecule has 0 heterocycles. The molecule has 1 rings (SSSR count). The predicted molar refractivity (Wildman–Crippen MR) is 44.2 cm³/mol. The molecule has 0 saturated heterocycles. The van der Waals surface area contributed by atoms with E-state index in [1.54, 1.807) is 13.8 Å². The Bertz CT molecular complexity index is 188. The van der Waals surface area contributed by atoms with Crippen LogP contribution in [0.15, 0.2) is 24.3 Å². The third-order valence-corrected chi connectivity index (χ3v) is 2.55. The molecule has 1 aliphatic rings. The van der Waals surface area contributed by atoms with Crippen LogP contribution in [0, 0.1) is 11.8 Å². The average Bonchev–Trinajstić information content (AvgIpc) is 1.84. The topological polar surface area (TPSA) is 46.1 Å². The molecule has 2 heteroatoms. The molecule has 0 bridgehead atoms. The highest BCUT2D eigenvalue weighted by atomic mass is 16.3. The minimum absolute atomic E-state index is 0.383. The minimum atomic E-state index is -0.803. The number of hydrogen-bond donors (Lipinski definition) is 0. The van der Waals surface area contributed by atoms with Crippen LogP contribution < -0.4 is 10.2 Å². The summed E-state index contributed by atoms with van der Waals surface area (Å²) in [7, 11) is 0. The molecule has 0 aromatic rings. The maximum absolute atomic E-state index is 11.4. The molecule has 0 atom stereocenters. The fraction of sp³-hybridized carbons (Fsp3) is 0.600. The Morgan fingerprint density at radius 3 is 1.33 bits per heavy atom.